The van der Waals surface area contributed by atoms with Crippen molar-refractivity contribution in [1.29, 1.82) is 0 Å². The summed E-state index contributed by atoms with van der Waals surface area (Å²) in [4.78, 5) is 23.1. The molecule has 1 amide bonds. The maximum absolute atomic E-state index is 15.1. The molecular formula is C56H67FN2O11. The number of ether oxygens (including phenoxy) is 7. The van der Waals surface area contributed by atoms with Crippen LogP contribution in [0.1, 0.15) is 93.9 Å². The first kappa shape index (κ1) is 50.5. The molecule has 6 atom stereocenters. The third-order valence-electron chi connectivity index (χ3n) is 13.4. The highest BCUT2D eigenvalue weighted by atomic mass is 19.1. The van der Waals surface area contributed by atoms with Crippen molar-refractivity contribution in [3.8, 4) is 23.0 Å². The number of benzene rings is 4. The Labute approximate surface area is 410 Å². The molecule has 0 saturated heterocycles. The molecule has 0 radical (unpaired) electrons. The SMILES string of the molecule is C=CCOC12Oc3ccc(OCc4ccccc4F)cc3C3C(CCCCO)C(CCCCO)C=C(C(=NOC(C)(C)C)CC1N(Cc1ccc4c(c1)OCO4)C(=O)OCCOCc1ccccc1)C32. The van der Waals surface area contributed by atoms with Crippen LogP contribution >= 0.6 is 0 Å². The van der Waals surface area contributed by atoms with Crippen molar-refractivity contribution in [2.45, 2.75) is 109 Å². The Bertz CT molecular complexity index is 2460. The summed E-state index contributed by atoms with van der Waals surface area (Å²) in [5.41, 5.74) is 3.92. The number of rotatable bonds is 23. The second kappa shape index (κ2) is 23.3. The number of amides is 1. The van der Waals surface area contributed by atoms with Crippen molar-refractivity contribution in [3.05, 3.63) is 143 Å². The fraction of sp³-hybridized carbons (Fsp3) is 0.464. The number of nitrogens with zero attached hydrogens (tertiary/aromatic N) is 2. The van der Waals surface area contributed by atoms with E-state index in [2.05, 4.69) is 12.7 Å². The number of hydrogen-bond donors (Lipinski definition) is 2. The number of aliphatic hydroxyl groups is 2. The molecule has 374 valence electrons. The minimum atomic E-state index is -1.56. The van der Waals surface area contributed by atoms with Crippen LogP contribution in [-0.4, -0.2) is 84.2 Å². The summed E-state index contributed by atoms with van der Waals surface area (Å²) >= 11 is 0. The lowest BCUT2D eigenvalue weighted by Gasteiger charge is -2.60. The zero-order valence-electron chi connectivity index (χ0n) is 40.6. The first-order valence-electron chi connectivity index (χ1n) is 24.6. The fourth-order valence-electron chi connectivity index (χ4n) is 10.3. The first-order chi connectivity index (χ1) is 34.0. The molecule has 4 aromatic rings. The van der Waals surface area contributed by atoms with Gasteiger partial charge in [-0.05, 0) is 111 Å². The molecular weight excluding hydrogens is 896 g/mol. The van der Waals surface area contributed by atoms with Gasteiger partial charge in [-0.3, -0.25) is 4.90 Å². The third-order valence-corrected chi connectivity index (χ3v) is 13.4. The lowest BCUT2D eigenvalue weighted by Crippen LogP contribution is -2.70. The van der Waals surface area contributed by atoms with Gasteiger partial charge in [0.1, 0.15) is 42.2 Å². The van der Waals surface area contributed by atoms with E-state index >= 15 is 4.79 Å². The van der Waals surface area contributed by atoms with Gasteiger partial charge in [-0.2, -0.15) is 0 Å². The number of aliphatic hydroxyl groups excluding tert-OH is 2. The van der Waals surface area contributed by atoms with E-state index in [-0.39, 0.29) is 83.0 Å². The molecule has 0 bridgehead atoms. The van der Waals surface area contributed by atoms with Gasteiger partial charge in [0.2, 0.25) is 12.6 Å². The lowest BCUT2D eigenvalue weighted by molar-refractivity contribution is -0.256. The standard InChI is InChI=1S/C56H67FN2O11/c1-5-27-68-56-51(59(34-39-21-23-49-50(30-39)67-37-66-49)54(62)64-29-28-63-35-38-15-7-6-8-16-38)33-47(58-70-55(2,3)4)44-31-40(17-11-13-25-60)43(19-12-14-26-61)52(53(44)56)45-32-42(22-24-48(45)69-56)65-36-41-18-9-10-20-46(41)57/h5-10,15-16,18,20-24,30-32,40,43,51-53,60-61H,1,11-14,17,19,25-29,33-37H2,2-4H3. The van der Waals surface area contributed by atoms with E-state index in [4.69, 9.17) is 43.2 Å². The summed E-state index contributed by atoms with van der Waals surface area (Å²) in [6, 6.07) is 26.8. The number of hydrogen-bond acceptors (Lipinski definition) is 12. The van der Waals surface area contributed by atoms with Crippen LogP contribution in [0.2, 0.25) is 0 Å². The number of carbonyl (C=O) groups excluding carboxylic acids is 1. The van der Waals surface area contributed by atoms with Crippen molar-refractivity contribution in [2.75, 3.05) is 39.8 Å². The van der Waals surface area contributed by atoms with Crippen molar-refractivity contribution in [3.63, 3.8) is 0 Å². The molecule has 2 heterocycles. The van der Waals surface area contributed by atoms with Crippen LogP contribution in [0.15, 0.2) is 120 Å². The first-order valence-corrected chi connectivity index (χ1v) is 24.6. The second-order valence-corrected chi connectivity index (χ2v) is 19.3. The van der Waals surface area contributed by atoms with Gasteiger partial charge in [-0.1, -0.05) is 84.7 Å². The van der Waals surface area contributed by atoms with Crippen LogP contribution in [0, 0.1) is 23.6 Å². The minimum absolute atomic E-state index is 0.00881. The predicted molar refractivity (Wildman–Crippen MR) is 262 cm³/mol. The normalized spacial score (nSPS) is 22.6. The van der Waals surface area contributed by atoms with Crippen LogP contribution in [0.3, 0.4) is 0 Å². The summed E-state index contributed by atoms with van der Waals surface area (Å²) in [6.45, 7) is 10.7. The molecule has 6 unspecified atom stereocenters. The van der Waals surface area contributed by atoms with Crippen LogP contribution < -0.4 is 18.9 Å². The highest BCUT2D eigenvalue weighted by molar-refractivity contribution is 6.03. The van der Waals surface area contributed by atoms with Crippen molar-refractivity contribution in [1.82, 2.24) is 4.90 Å². The molecule has 2 N–H and O–H groups in total. The van der Waals surface area contributed by atoms with E-state index in [1.165, 1.54) is 6.07 Å². The van der Waals surface area contributed by atoms with E-state index in [0.717, 1.165) is 47.9 Å². The van der Waals surface area contributed by atoms with Gasteiger partial charge in [0.15, 0.2) is 11.5 Å². The smallest absolute Gasteiger partial charge is 0.410 e. The van der Waals surface area contributed by atoms with Crippen LogP contribution in [-0.2, 0) is 38.8 Å². The van der Waals surface area contributed by atoms with Crippen molar-refractivity contribution < 1.29 is 57.4 Å². The van der Waals surface area contributed by atoms with Gasteiger partial charge >= 0.3 is 6.09 Å². The Kier molecular flexibility index (Phi) is 16.8. The molecule has 0 aromatic heterocycles. The summed E-state index contributed by atoms with van der Waals surface area (Å²) in [7, 11) is 0. The Morgan fingerprint density at radius 3 is 2.41 bits per heavy atom. The van der Waals surface area contributed by atoms with E-state index < -0.39 is 29.4 Å². The Morgan fingerprint density at radius 2 is 1.64 bits per heavy atom. The Balaban J connectivity index is 1.27. The molecule has 4 aliphatic rings. The number of unbranched alkanes of at least 4 members (excludes halogenated alkanes) is 2. The van der Waals surface area contributed by atoms with Gasteiger partial charge in [0, 0.05) is 43.2 Å². The third kappa shape index (κ3) is 11.8. The number of oxime groups is 1. The van der Waals surface area contributed by atoms with Gasteiger partial charge in [0.05, 0.1) is 31.5 Å². The lowest BCUT2D eigenvalue weighted by atomic mass is 9.55. The van der Waals surface area contributed by atoms with Crippen LogP contribution in [0.4, 0.5) is 9.18 Å². The number of halogens is 1. The highest BCUT2D eigenvalue weighted by Crippen LogP contribution is 2.62. The number of allylic oxidation sites excluding steroid dienone is 1. The molecule has 1 saturated carbocycles. The zero-order valence-corrected chi connectivity index (χ0v) is 40.6. The maximum atomic E-state index is 15.1. The van der Waals surface area contributed by atoms with E-state index in [0.29, 0.717) is 53.7 Å². The summed E-state index contributed by atoms with van der Waals surface area (Å²) in [5.74, 6) is -0.587. The van der Waals surface area contributed by atoms with Gasteiger partial charge in [-0.25, -0.2) is 9.18 Å². The van der Waals surface area contributed by atoms with E-state index in [1.807, 2.05) is 87.5 Å². The van der Waals surface area contributed by atoms with Gasteiger partial charge in [0.25, 0.3) is 0 Å². The molecule has 1 fully saturated rings. The van der Waals surface area contributed by atoms with E-state index in [9.17, 15) is 14.6 Å². The Morgan fingerprint density at radius 1 is 0.886 bits per heavy atom. The second-order valence-electron chi connectivity index (χ2n) is 19.3. The summed E-state index contributed by atoms with van der Waals surface area (Å²) in [6.07, 6.45) is 7.82. The molecule has 2 aliphatic carbocycles. The summed E-state index contributed by atoms with van der Waals surface area (Å²) < 4.78 is 59.4. The van der Waals surface area contributed by atoms with Gasteiger partial charge < -0.3 is 48.2 Å². The zero-order chi connectivity index (χ0) is 49.1. The Hall–Kier alpha value is -5.93. The molecule has 0 spiro atoms. The molecule has 13 nitrogen and oxygen atoms in total. The average Bonchev–Trinajstić information content (AvgIpc) is 3.83. The largest absolute Gasteiger partial charge is 0.489 e. The minimum Gasteiger partial charge on any atom is -0.489 e. The topological polar surface area (TPSA) is 147 Å². The molecule has 2 aliphatic heterocycles. The average molecular weight is 963 g/mol. The number of fused-ring (bicyclic) bond motifs is 3. The van der Waals surface area contributed by atoms with Crippen molar-refractivity contribution in [2.24, 2.45) is 22.9 Å². The highest BCUT2D eigenvalue weighted by Gasteiger charge is 2.66. The van der Waals surface area contributed by atoms with Crippen LogP contribution in [0.5, 0.6) is 23.0 Å². The van der Waals surface area contributed by atoms with Gasteiger partial charge in [-0.15, -0.1) is 6.58 Å². The number of carbonyl (C=O) groups is 1. The van der Waals surface area contributed by atoms with Crippen molar-refractivity contribution >= 4 is 11.8 Å². The fourth-order valence-corrected chi connectivity index (χ4v) is 10.3. The molecule has 8 rings (SSSR count). The monoisotopic (exact) mass is 962 g/mol. The van der Waals surface area contributed by atoms with Crippen LogP contribution in [0.25, 0.3) is 0 Å². The van der Waals surface area contributed by atoms with E-state index in [1.54, 1.807) is 29.2 Å². The summed E-state index contributed by atoms with van der Waals surface area (Å²) in [5, 5.41) is 25.0. The maximum Gasteiger partial charge on any atom is 0.410 e. The predicted octanol–water partition coefficient (Wildman–Crippen LogP) is 10.4. The molecule has 4 aromatic carbocycles. The molecule has 14 heteroatoms. The quantitative estimate of drug-likeness (QED) is 0.0416. The molecule has 70 heavy (non-hydrogen) atoms.